The van der Waals surface area contributed by atoms with Crippen LogP contribution in [-0.2, 0) is 9.53 Å². The Bertz CT molecular complexity index is 634. The predicted octanol–water partition coefficient (Wildman–Crippen LogP) is 3.78. The average Bonchev–Trinajstić information content (AvgIpc) is 2.64. The van der Waals surface area contributed by atoms with E-state index in [2.05, 4.69) is 0 Å². The molecule has 0 aliphatic heterocycles. The van der Waals surface area contributed by atoms with Gasteiger partial charge in [0.1, 0.15) is 30.5 Å². The lowest BCUT2D eigenvalue weighted by Crippen LogP contribution is -2.13. The van der Waals surface area contributed by atoms with Gasteiger partial charge in [-0.3, -0.25) is 4.79 Å². The van der Waals surface area contributed by atoms with Crippen LogP contribution in [0.25, 0.3) is 0 Å². The van der Waals surface area contributed by atoms with Crippen molar-refractivity contribution in [2.75, 3.05) is 26.9 Å². The summed E-state index contributed by atoms with van der Waals surface area (Å²) in [5.41, 5.74) is 1.18. The zero-order chi connectivity index (χ0) is 17.9. The van der Waals surface area contributed by atoms with Gasteiger partial charge in [-0.1, -0.05) is 17.7 Å². The van der Waals surface area contributed by atoms with Gasteiger partial charge in [0.2, 0.25) is 0 Å². The number of methoxy groups -OCH3 is 1. The van der Waals surface area contributed by atoms with Crippen molar-refractivity contribution in [2.24, 2.45) is 0 Å². The van der Waals surface area contributed by atoms with Crippen LogP contribution in [0.2, 0.25) is 0 Å². The molecular weight excluding hydrogens is 320 g/mol. The van der Waals surface area contributed by atoms with Crippen molar-refractivity contribution in [2.45, 2.75) is 19.8 Å². The number of rotatable bonds is 10. The monoisotopic (exact) mass is 344 g/mol. The molecule has 0 aromatic heterocycles. The molecule has 25 heavy (non-hydrogen) atoms. The van der Waals surface area contributed by atoms with Crippen molar-refractivity contribution in [1.82, 2.24) is 0 Å². The lowest BCUT2D eigenvalue weighted by molar-refractivity contribution is -0.144. The predicted molar refractivity (Wildman–Crippen MR) is 95.4 cm³/mol. The molecule has 0 bridgehead atoms. The van der Waals surface area contributed by atoms with E-state index in [0.29, 0.717) is 26.1 Å². The molecule has 0 unspecified atom stereocenters. The minimum atomic E-state index is -0.245. The Hall–Kier alpha value is -2.69. The number of aryl methyl sites for hydroxylation is 1. The van der Waals surface area contributed by atoms with E-state index in [1.165, 1.54) is 5.56 Å². The van der Waals surface area contributed by atoms with Crippen molar-refractivity contribution in [3.05, 3.63) is 54.1 Å². The molecule has 0 N–H and O–H groups in total. The number of hydrogen-bond donors (Lipinski definition) is 0. The molecule has 0 aliphatic carbocycles. The minimum Gasteiger partial charge on any atom is -0.497 e. The van der Waals surface area contributed by atoms with Crippen molar-refractivity contribution in [3.8, 4) is 17.2 Å². The van der Waals surface area contributed by atoms with Crippen LogP contribution in [0.3, 0.4) is 0 Å². The first kappa shape index (κ1) is 18.6. The Labute approximate surface area is 148 Å². The molecule has 0 radical (unpaired) electrons. The lowest BCUT2D eigenvalue weighted by atomic mass is 10.2. The first-order chi connectivity index (χ1) is 12.2. The van der Waals surface area contributed by atoms with Gasteiger partial charge in [-0.2, -0.15) is 0 Å². The van der Waals surface area contributed by atoms with Gasteiger partial charge in [0, 0.05) is 6.42 Å². The largest absolute Gasteiger partial charge is 0.497 e. The Morgan fingerprint density at radius 3 is 2.00 bits per heavy atom. The molecule has 0 amide bonds. The average molecular weight is 344 g/mol. The summed E-state index contributed by atoms with van der Waals surface area (Å²) in [7, 11) is 1.62. The number of ether oxygens (including phenoxy) is 4. The van der Waals surface area contributed by atoms with Gasteiger partial charge < -0.3 is 18.9 Å². The van der Waals surface area contributed by atoms with E-state index in [9.17, 15) is 4.79 Å². The van der Waals surface area contributed by atoms with Crippen molar-refractivity contribution < 1.29 is 23.7 Å². The van der Waals surface area contributed by atoms with Crippen molar-refractivity contribution in [1.29, 1.82) is 0 Å². The number of hydrogen-bond acceptors (Lipinski definition) is 5. The molecule has 0 atom stereocenters. The molecule has 134 valence electrons. The van der Waals surface area contributed by atoms with Crippen LogP contribution < -0.4 is 14.2 Å². The smallest absolute Gasteiger partial charge is 0.306 e. The van der Waals surface area contributed by atoms with Gasteiger partial charge in [0.05, 0.1) is 13.7 Å². The number of esters is 1. The highest BCUT2D eigenvalue weighted by molar-refractivity contribution is 5.69. The third-order valence-electron chi connectivity index (χ3n) is 3.49. The first-order valence-corrected chi connectivity index (χ1v) is 8.29. The van der Waals surface area contributed by atoms with Gasteiger partial charge in [0.15, 0.2) is 0 Å². The van der Waals surface area contributed by atoms with Crippen LogP contribution in [0.1, 0.15) is 18.4 Å². The fraction of sp³-hybridized carbons (Fsp3) is 0.350. The van der Waals surface area contributed by atoms with Crippen LogP contribution in [0.5, 0.6) is 17.2 Å². The third-order valence-corrected chi connectivity index (χ3v) is 3.49. The molecule has 0 spiro atoms. The highest BCUT2D eigenvalue weighted by Gasteiger charge is 2.04. The maximum absolute atomic E-state index is 11.6. The second-order valence-corrected chi connectivity index (χ2v) is 5.51. The van der Waals surface area contributed by atoms with Crippen LogP contribution >= 0.6 is 0 Å². The summed E-state index contributed by atoms with van der Waals surface area (Å²) in [5, 5.41) is 0. The Kier molecular flexibility index (Phi) is 7.63. The molecule has 5 nitrogen and oxygen atoms in total. The molecule has 0 fully saturated rings. The van der Waals surface area contributed by atoms with Crippen molar-refractivity contribution >= 4 is 5.97 Å². The minimum absolute atomic E-state index is 0.242. The highest BCUT2D eigenvalue weighted by atomic mass is 16.6. The van der Waals surface area contributed by atoms with Crippen LogP contribution in [0.15, 0.2) is 48.5 Å². The molecule has 0 aliphatic rings. The SMILES string of the molecule is COc1ccc(OCCCC(=O)OCCOc2ccc(C)cc2)cc1. The Balaban J connectivity index is 1.52. The van der Waals surface area contributed by atoms with Gasteiger partial charge in [-0.15, -0.1) is 0 Å². The Morgan fingerprint density at radius 1 is 0.800 bits per heavy atom. The van der Waals surface area contributed by atoms with E-state index >= 15 is 0 Å². The van der Waals surface area contributed by atoms with E-state index in [-0.39, 0.29) is 12.6 Å². The summed E-state index contributed by atoms with van der Waals surface area (Å²) in [4.78, 5) is 11.6. The van der Waals surface area contributed by atoms with Crippen LogP contribution in [0, 0.1) is 6.92 Å². The van der Waals surface area contributed by atoms with E-state index in [1.807, 2.05) is 55.5 Å². The second-order valence-electron chi connectivity index (χ2n) is 5.51. The lowest BCUT2D eigenvalue weighted by Gasteiger charge is -2.08. The fourth-order valence-corrected chi connectivity index (χ4v) is 2.10. The fourth-order valence-electron chi connectivity index (χ4n) is 2.10. The van der Waals surface area contributed by atoms with Crippen molar-refractivity contribution in [3.63, 3.8) is 0 Å². The topological polar surface area (TPSA) is 54.0 Å². The summed E-state index contributed by atoms with van der Waals surface area (Å²) in [6.07, 6.45) is 0.921. The highest BCUT2D eigenvalue weighted by Crippen LogP contribution is 2.17. The van der Waals surface area contributed by atoms with Gasteiger partial charge in [-0.05, 0) is 49.7 Å². The third kappa shape index (κ3) is 7.16. The number of carbonyl (C=O) groups is 1. The maximum Gasteiger partial charge on any atom is 0.306 e. The number of benzene rings is 2. The van der Waals surface area contributed by atoms with E-state index in [0.717, 1.165) is 17.2 Å². The van der Waals surface area contributed by atoms with Gasteiger partial charge in [-0.25, -0.2) is 0 Å². The van der Waals surface area contributed by atoms with E-state index in [4.69, 9.17) is 18.9 Å². The molecule has 2 aromatic carbocycles. The number of carbonyl (C=O) groups excluding carboxylic acids is 1. The molecule has 2 rings (SSSR count). The van der Waals surface area contributed by atoms with E-state index in [1.54, 1.807) is 7.11 Å². The van der Waals surface area contributed by atoms with E-state index < -0.39 is 0 Å². The first-order valence-electron chi connectivity index (χ1n) is 8.29. The normalized spacial score (nSPS) is 10.2. The van der Waals surface area contributed by atoms with Gasteiger partial charge in [0.25, 0.3) is 0 Å². The quantitative estimate of drug-likeness (QED) is 0.485. The maximum atomic E-state index is 11.6. The van der Waals surface area contributed by atoms with Gasteiger partial charge >= 0.3 is 5.97 Å². The van der Waals surface area contributed by atoms with Crippen LogP contribution in [0.4, 0.5) is 0 Å². The zero-order valence-corrected chi connectivity index (χ0v) is 14.7. The molecule has 0 saturated heterocycles. The summed E-state index contributed by atoms with van der Waals surface area (Å²) in [6.45, 7) is 3.06. The summed E-state index contributed by atoms with van der Waals surface area (Å²) < 4.78 is 21.3. The molecule has 0 heterocycles. The molecular formula is C20H24O5. The standard InChI is InChI=1S/C20H24O5/c1-16-5-7-18(8-6-16)24-14-15-25-20(21)4-3-13-23-19-11-9-17(22-2)10-12-19/h5-12H,3-4,13-15H2,1-2H3. The summed E-state index contributed by atoms with van der Waals surface area (Å²) in [6, 6.07) is 15.1. The zero-order valence-electron chi connectivity index (χ0n) is 14.7. The molecule has 2 aromatic rings. The summed E-state index contributed by atoms with van der Waals surface area (Å²) >= 11 is 0. The molecule has 0 saturated carbocycles. The molecule has 5 heteroatoms. The second kappa shape index (κ2) is 10.2. The summed E-state index contributed by atoms with van der Waals surface area (Å²) in [5.74, 6) is 2.06. The van der Waals surface area contributed by atoms with Crippen LogP contribution in [-0.4, -0.2) is 32.9 Å². The Morgan fingerprint density at radius 2 is 1.36 bits per heavy atom.